The Morgan fingerprint density at radius 2 is 1.11 bits per heavy atom. The van der Waals surface area contributed by atoms with E-state index in [2.05, 4.69) is 52.9 Å². The molecule has 10 nitrogen and oxygen atoms in total. The number of fused-ring (bicyclic) bond motifs is 2. The number of amides is 2. The van der Waals surface area contributed by atoms with Gasteiger partial charge in [0.1, 0.15) is 0 Å². The Hall–Kier alpha value is -3.12. The Balaban J connectivity index is 1.09. The highest BCUT2D eigenvalue weighted by Gasteiger charge is 2.16. The zero-order valence-corrected chi connectivity index (χ0v) is 21.7. The molecule has 2 aromatic carbocycles. The molecule has 35 heavy (non-hydrogen) atoms. The number of hydrogen-bond donors (Lipinski definition) is 2. The zero-order valence-electron chi connectivity index (χ0n) is 18.5. The van der Waals surface area contributed by atoms with Crippen LogP contribution in [0.1, 0.15) is 43.2 Å². The maximum Gasteiger partial charge on any atom is 0.240 e. The summed E-state index contributed by atoms with van der Waals surface area (Å²) in [5, 5.41) is 7.98. The molecule has 12 heteroatoms. The van der Waals surface area contributed by atoms with E-state index in [0.29, 0.717) is 48.7 Å². The molecule has 184 valence electrons. The van der Waals surface area contributed by atoms with Gasteiger partial charge in [-0.15, -0.1) is 0 Å². The second kappa shape index (κ2) is 12.0. The molecule has 0 fully saturated rings. The number of nitrogens with zero attached hydrogens (tertiary/aromatic N) is 2. The molecule has 0 radical (unpaired) electrons. The first-order valence-corrected chi connectivity index (χ1v) is 12.4. The van der Waals surface area contributed by atoms with Crippen molar-refractivity contribution in [1.29, 1.82) is 0 Å². The molecule has 0 saturated heterocycles. The highest BCUT2D eigenvalue weighted by Crippen LogP contribution is 2.37. The molecule has 4 rings (SSSR count). The third-order valence-electron chi connectivity index (χ3n) is 5.08. The van der Waals surface area contributed by atoms with Crippen molar-refractivity contribution in [1.82, 2.24) is 10.9 Å². The number of hydrogen-bond acceptors (Lipinski definition) is 8. The van der Waals surface area contributed by atoms with E-state index in [-0.39, 0.29) is 25.4 Å². The molecule has 0 aliphatic carbocycles. The summed E-state index contributed by atoms with van der Waals surface area (Å²) in [6.07, 6.45) is 5.74. The van der Waals surface area contributed by atoms with Gasteiger partial charge < -0.3 is 18.9 Å². The minimum absolute atomic E-state index is 0.188. The lowest BCUT2D eigenvalue weighted by Crippen LogP contribution is -2.18. The Bertz CT molecular complexity index is 1080. The zero-order chi connectivity index (χ0) is 24.6. The molecule has 0 saturated carbocycles. The second-order valence-electron chi connectivity index (χ2n) is 7.60. The predicted octanol–water partition coefficient (Wildman–Crippen LogP) is 4.22. The second-order valence-corrected chi connectivity index (χ2v) is 9.31. The van der Waals surface area contributed by atoms with Crippen LogP contribution in [0, 0.1) is 0 Å². The van der Waals surface area contributed by atoms with Gasteiger partial charge in [-0.2, -0.15) is 10.2 Å². The largest absolute Gasteiger partial charge is 0.454 e. The molecule has 2 aliphatic rings. The number of halogens is 2. The highest BCUT2D eigenvalue weighted by atomic mass is 79.9. The minimum atomic E-state index is -0.193. The quantitative estimate of drug-likeness (QED) is 0.236. The average molecular weight is 610 g/mol. The number of benzene rings is 2. The van der Waals surface area contributed by atoms with Crippen molar-refractivity contribution in [2.75, 3.05) is 13.6 Å². The molecular formula is C23H22Br2N4O6. The predicted molar refractivity (Wildman–Crippen MR) is 135 cm³/mol. The van der Waals surface area contributed by atoms with Crippen LogP contribution in [0.2, 0.25) is 0 Å². The molecule has 0 unspecified atom stereocenters. The van der Waals surface area contributed by atoms with Gasteiger partial charge in [0, 0.05) is 32.9 Å². The number of ether oxygens (including phenoxy) is 4. The van der Waals surface area contributed by atoms with Gasteiger partial charge in [0.05, 0.1) is 12.4 Å². The molecule has 2 N–H and O–H groups in total. The summed E-state index contributed by atoms with van der Waals surface area (Å²) in [5.41, 5.74) is 6.53. The van der Waals surface area contributed by atoms with Crippen molar-refractivity contribution in [3.8, 4) is 23.0 Å². The van der Waals surface area contributed by atoms with Crippen molar-refractivity contribution in [2.24, 2.45) is 10.2 Å². The van der Waals surface area contributed by atoms with E-state index in [1.165, 1.54) is 12.4 Å². The first-order chi connectivity index (χ1) is 17.0. The van der Waals surface area contributed by atoms with Crippen LogP contribution < -0.4 is 29.8 Å². The van der Waals surface area contributed by atoms with Crippen LogP contribution in [-0.2, 0) is 9.59 Å². The monoisotopic (exact) mass is 608 g/mol. The lowest BCUT2D eigenvalue weighted by Gasteiger charge is -2.03. The van der Waals surface area contributed by atoms with Crippen molar-refractivity contribution >= 4 is 56.1 Å². The number of nitrogens with one attached hydrogen (secondary N) is 2. The molecule has 2 amide bonds. The third-order valence-corrected chi connectivity index (χ3v) is 6.45. The Morgan fingerprint density at radius 3 is 1.54 bits per heavy atom. The Labute approximate surface area is 218 Å². The van der Waals surface area contributed by atoms with Crippen LogP contribution in [0.4, 0.5) is 0 Å². The molecule has 2 aromatic rings. The van der Waals surface area contributed by atoms with Gasteiger partial charge in [0.15, 0.2) is 23.0 Å². The van der Waals surface area contributed by atoms with E-state index in [9.17, 15) is 9.59 Å². The average Bonchev–Trinajstić information content (AvgIpc) is 3.47. The molecule has 0 aromatic heterocycles. The summed E-state index contributed by atoms with van der Waals surface area (Å²) in [7, 11) is 0. The minimum Gasteiger partial charge on any atom is -0.454 e. The van der Waals surface area contributed by atoms with E-state index in [4.69, 9.17) is 18.9 Å². The lowest BCUT2D eigenvalue weighted by atomic mass is 10.1. The van der Waals surface area contributed by atoms with Gasteiger partial charge in [0.2, 0.25) is 25.4 Å². The van der Waals surface area contributed by atoms with Gasteiger partial charge in [-0.3, -0.25) is 9.59 Å². The topological polar surface area (TPSA) is 120 Å². The first-order valence-electron chi connectivity index (χ1n) is 10.8. The van der Waals surface area contributed by atoms with Crippen molar-refractivity contribution in [2.45, 2.75) is 32.1 Å². The van der Waals surface area contributed by atoms with Gasteiger partial charge >= 0.3 is 0 Å². The number of rotatable bonds is 10. The summed E-state index contributed by atoms with van der Waals surface area (Å²) in [4.78, 5) is 24.0. The van der Waals surface area contributed by atoms with E-state index in [1.807, 2.05) is 0 Å². The normalized spacial score (nSPS) is 13.5. The number of carbonyl (C=O) groups excluding carboxylic acids is 2. The third kappa shape index (κ3) is 6.95. The summed E-state index contributed by atoms with van der Waals surface area (Å²) >= 11 is 6.87. The van der Waals surface area contributed by atoms with Gasteiger partial charge in [-0.25, -0.2) is 10.9 Å². The van der Waals surface area contributed by atoms with Gasteiger partial charge in [-0.1, -0.05) is 6.42 Å². The van der Waals surface area contributed by atoms with Crippen LogP contribution in [-0.4, -0.2) is 37.8 Å². The fraction of sp³-hybridized carbons (Fsp3) is 0.304. The van der Waals surface area contributed by atoms with Crippen molar-refractivity contribution in [3.05, 3.63) is 44.3 Å². The molecule has 2 heterocycles. The molecule has 0 spiro atoms. The van der Waals surface area contributed by atoms with E-state index in [0.717, 1.165) is 26.5 Å². The smallest absolute Gasteiger partial charge is 0.240 e. The van der Waals surface area contributed by atoms with Crippen LogP contribution in [0.25, 0.3) is 0 Å². The number of unbranched alkanes of at least 4 members (excludes halogenated alkanes) is 2. The van der Waals surface area contributed by atoms with Crippen LogP contribution in [0.3, 0.4) is 0 Å². The maximum atomic E-state index is 12.0. The van der Waals surface area contributed by atoms with Crippen LogP contribution in [0.15, 0.2) is 43.4 Å². The SMILES string of the molecule is O=C(CCCCCC(=O)N/N=C/c1cc2c(cc1Br)OCO2)N/N=C/c1cc2c(cc1Br)OCO2. The Kier molecular flexibility index (Phi) is 8.59. The fourth-order valence-corrected chi connectivity index (χ4v) is 4.12. The van der Waals surface area contributed by atoms with Crippen LogP contribution >= 0.6 is 31.9 Å². The van der Waals surface area contributed by atoms with E-state index in [1.54, 1.807) is 24.3 Å². The van der Waals surface area contributed by atoms with Gasteiger partial charge in [-0.05, 0) is 69.0 Å². The summed E-state index contributed by atoms with van der Waals surface area (Å²) in [6, 6.07) is 7.16. The fourth-order valence-electron chi connectivity index (χ4n) is 3.27. The molecule has 2 aliphatic heterocycles. The summed E-state index contributed by atoms with van der Waals surface area (Å²) < 4.78 is 22.8. The number of carbonyl (C=O) groups is 2. The molecule has 0 atom stereocenters. The Morgan fingerprint density at radius 1 is 0.714 bits per heavy atom. The van der Waals surface area contributed by atoms with Gasteiger partial charge in [0.25, 0.3) is 0 Å². The molecular weight excluding hydrogens is 588 g/mol. The number of hydrazone groups is 2. The lowest BCUT2D eigenvalue weighted by molar-refractivity contribution is -0.121. The maximum absolute atomic E-state index is 12.0. The van der Waals surface area contributed by atoms with E-state index >= 15 is 0 Å². The van der Waals surface area contributed by atoms with Crippen molar-refractivity contribution < 1.29 is 28.5 Å². The summed E-state index contributed by atoms with van der Waals surface area (Å²) in [5.74, 6) is 2.21. The van der Waals surface area contributed by atoms with Crippen molar-refractivity contribution in [3.63, 3.8) is 0 Å². The highest BCUT2D eigenvalue weighted by molar-refractivity contribution is 9.10. The summed E-state index contributed by atoms with van der Waals surface area (Å²) in [6.45, 7) is 0.375. The first kappa shape index (κ1) is 25.0. The van der Waals surface area contributed by atoms with E-state index < -0.39 is 0 Å². The molecule has 0 bridgehead atoms. The standard InChI is InChI=1S/C23H22Br2N4O6/c24-16-8-20-18(32-12-34-20)6-14(16)10-26-28-22(30)4-2-1-3-5-23(31)29-27-11-15-7-19-21(9-17(15)25)35-13-33-19/h6-11H,1-5,12-13H2,(H,28,30)(H,29,31)/b26-10+,27-11+. The van der Waals surface area contributed by atoms with Crippen LogP contribution in [0.5, 0.6) is 23.0 Å².